The smallest absolute Gasteiger partial charge is 0.157 e. The molecular formula is C29H42O6. The Balaban J connectivity index is 1.93. The van der Waals surface area contributed by atoms with Crippen molar-refractivity contribution in [2.45, 2.75) is 85.7 Å². The highest BCUT2D eigenvalue weighted by atomic mass is 16.3. The minimum absolute atomic E-state index is 0.196. The number of aromatic hydroxyl groups is 3. The third-order valence-electron chi connectivity index (χ3n) is 10.4. The van der Waals surface area contributed by atoms with Crippen molar-refractivity contribution in [3.8, 4) is 17.2 Å². The molecule has 0 radical (unpaired) electrons. The van der Waals surface area contributed by atoms with E-state index in [1.54, 1.807) is 0 Å². The fourth-order valence-corrected chi connectivity index (χ4v) is 8.63. The number of hydrogen-bond donors (Lipinski definition) is 4. The van der Waals surface area contributed by atoms with Crippen LogP contribution in [0.25, 0.3) is 0 Å². The Labute approximate surface area is 208 Å². The molecule has 0 saturated heterocycles. The predicted octanol–water partition coefficient (Wildman–Crippen LogP) is 5.65. The molecule has 0 aliphatic heterocycles. The Hall–Kier alpha value is -2.08. The maximum atomic E-state index is 11.8. The molecule has 1 aromatic carbocycles. The van der Waals surface area contributed by atoms with E-state index in [9.17, 15) is 30.0 Å². The first-order valence-corrected chi connectivity index (χ1v) is 13.2. The van der Waals surface area contributed by atoms with Crippen molar-refractivity contribution >= 4 is 12.6 Å². The Bertz CT molecular complexity index is 976. The number of aldehydes is 2. The standard InChI is InChI=1S/C29H42O6/c1-14(2)11-21(22-26(34)18(12-30)25(33)19(13-31)27(22)35)29(6)10-9-17-16(15(3)32)7-8-20-24(23(17)29)28(20,4)5/h12-17,20-21,23-24,32-35H,7-11H2,1-6H3/t15?,16?,17-,20+,21?,23-,24+,29+/m0/s1. The number of aliphatic hydroxyl groups excluding tert-OH is 1. The lowest BCUT2D eigenvalue weighted by atomic mass is 9.59. The summed E-state index contributed by atoms with van der Waals surface area (Å²) in [6.07, 6.45) is 4.90. The normalized spacial score (nSPS) is 35.0. The number of phenols is 3. The minimum Gasteiger partial charge on any atom is -0.507 e. The van der Waals surface area contributed by atoms with E-state index in [1.165, 1.54) is 0 Å². The Morgan fingerprint density at radius 2 is 1.46 bits per heavy atom. The molecule has 3 aliphatic rings. The van der Waals surface area contributed by atoms with Crippen molar-refractivity contribution < 1.29 is 30.0 Å². The number of hydrogen-bond acceptors (Lipinski definition) is 6. The SMILES string of the molecule is CC(C)CC(c1c(O)c(C=O)c(O)c(C=O)c1O)[C@@]1(C)CC[C@H]2C(C(C)O)CC[C@@H]3[C@H]([C@H]21)C3(C)C. The van der Waals surface area contributed by atoms with Gasteiger partial charge in [0.15, 0.2) is 12.6 Å². The number of carbonyl (C=O) groups is 2. The van der Waals surface area contributed by atoms with Gasteiger partial charge in [0.25, 0.3) is 0 Å². The molecule has 194 valence electrons. The summed E-state index contributed by atoms with van der Waals surface area (Å²) in [7, 11) is 0. The molecule has 4 N–H and O–H groups in total. The molecule has 1 aromatic rings. The zero-order valence-electron chi connectivity index (χ0n) is 21.9. The maximum absolute atomic E-state index is 11.8. The van der Waals surface area contributed by atoms with Crippen LogP contribution in [-0.4, -0.2) is 39.1 Å². The molecule has 0 spiro atoms. The van der Waals surface area contributed by atoms with E-state index in [4.69, 9.17) is 0 Å². The Morgan fingerprint density at radius 1 is 0.886 bits per heavy atom. The van der Waals surface area contributed by atoms with E-state index >= 15 is 0 Å². The van der Waals surface area contributed by atoms with Crippen LogP contribution in [-0.2, 0) is 0 Å². The molecule has 0 aromatic heterocycles. The van der Waals surface area contributed by atoms with Gasteiger partial charge in [-0.15, -0.1) is 0 Å². The van der Waals surface area contributed by atoms with E-state index < -0.39 is 23.4 Å². The molecule has 4 rings (SSSR count). The molecule has 0 heterocycles. The van der Waals surface area contributed by atoms with Gasteiger partial charge in [-0.2, -0.15) is 0 Å². The van der Waals surface area contributed by atoms with Gasteiger partial charge >= 0.3 is 0 Å². The summed E-state index contributed by atoms with van der Waals surface area (Å²) in [5.74, 6) is 0.256. The summed E-state index contributed by atoms with van der Waals surface area (Å²) in [5, 5.41) is 43.5. The monoisotopic (exact) mass is 486 g/mol. The van der Waals surface area contributed by atoms with Gasteiger partial charge in [-0.1, -0.05) is 34.6 Å². The molecule has 3 fully saturated rings. The van der Waals surface area contributed by atoms with Crippen LogP contribution in [0.2, 0.25) is 0 Å². The number of phenolic OH excluding ortho intramolecular Hbond substituents is 3. The molecule has 6 heteroatoms. The number of benzene rings is 1. The molecule has 3 aliphatic carbocycles. The molecule has 0 amide bonds. The summed E-state index contributed by atoms with van der Waals surface area (Å²) in [4.78, 5) is 23.6. The van der Waals surface area contributed by atoms with E-state index in [-0.39, 0.29) is 51.2 Å². The van der Waals surface area contributed by atoms with Crippen molar-refractivity contribution in [2.75, 3.05) is 0 Å². The zero-order valence-corrected chi connectivity index (χ0v) is 21.9. The Kier molecular flexibility index (Phi) is 6.53. The van der Waals surface area contributed by atoms with Crippen LogP contribution >= 0.6 is 0 Å². The van der Waals surface area contributed by atoms with Crippen LogP contribution in [0.1, 0.15) is 106 Å². The predicted molar refractivity (Wildman–Crippen MR) is 134 cm³/mol. The van der Waals surface area contributed by atoms with Gasteiger partial charge in [0.1, 0.15) is 17.2 Å². The number of fused-ring (bicyclic) bond motifs is 3. The Morgan fingerprint density at radius 3 is 1.94 bits per heavy atom. The van der Waals surface area contributed by atoms with Gasteiger partial charge in [-0.05, 0) is 91.3 Å². The molecule has 3 unspecified atom stereocenters. The van der Waals surface area contributed by atoms with Crippen LogP contribution in [0, 0.1) is 46.3 Å². The van der Waals surface area contributed by atoms with Crippen molar-refractivity contribution in [1.29, 1.82) is 0 Å². The first-order chi connectivity index (χ1) is 16.3. The fourth-order valence-electron chi connectivity index (χ4n) is 8.63. The molecule has 0 bridgehead atoms. The highest BCUT2D eigenvalue weighted by Gasteiger charge is 2.69. The number of rotatable bonds is 7. The van der Waals surface area contributed by atoms with Gasteiger partial charge in [-0.25, -0.2) is 0 Å². The largest absolute Gasteiger partial charge is 0.507 e. The van der Waals surface area contributed by atoms with Crippen LogP contribution in [0.15, 0.2) is 0 Å². The van der Waals surface area contributed by atoms with Crippen LogP contribution in [0.3, 0.4) is 0 Å². The van der Waals surface area contributed by atoms with E-state index in [2.05, 4.69) is 34.6 Å². The van der Waals surface area contributed by atoms with E-state index in [0.717, 1.165) is 25.7 Å². The first kappa shape index (κ1) is 26.0. The van der Waals surface area contributed by atoms with Gasteiger partial charge in [0.2, 0.25) is 0 Å². The lowest BCUT2D eigenvalue weighted by Crippen LogP contribution is -2.38. The van der Waals surface area contributed by atoms with Gasteiger partial charge in [-0.3, -0.25) is 9.59 Å². The van der Waals surface area contributed by atoms with Gasteiger partial charge < -0.3 is 20.4 Å². The molecule has 3 saturated carbocycles. The van der Waals surface area contributed by atoms with E-state index in [0.29, 0.717) is 36.7 Å². The van der Waals surface area contributed by atoms with Crippen molar-refractivity contribution in [1.82, 2.24) is 0 Å². The minimum atomic E-state index is -0.682. The maximum Gasteiger partial charge on any atom is 0.157 e. The first-order valence-electron chi connectivity index (χ1n) is 13.2. The topological polar surface area (TPSA) is 115 Å². The zero-order chi connectivity index (χ0) is 26.0. The molecule has 35 heavy (non-hydrogen) atoms. The summed E-state index contributed by atoms with van der Waals surface area (Å²) in [6.45, 7) is 13.0. The average molecular weight is 487 g/mol. The highest BCUT2D eigenvalue weighted by Crippen LogP contribution is 2.75. The average Bonchev–Trinajstić information content (AvgIpc) is 3.22. The summed E-state index contributed by atoms with van der Waals surface area (Å²) in [5.41, 5.74) is -0.619. The van der Waals surface area contributed by atoms with Crippen LogP contribution in [0.5, 0.6) is 17.2 Å². The number of aliphatic hydroxyl groups is 1. The third-order valence-corrected chi connectivity index (χ3v) is 10.4. The number of carbonyl (C=O) groups excluding carboxylic acids is 2. The quantitative estimate of drug-likeness (QED) is 0.370. The summed E-state index contributed by atoms with van der Waals surface area (Å²) >= 11 is 0. The van der Waals surface area contributed by atoms with Gasteiger partial charge in [0, 0.05) is 5.56 Å². The van der Waals surface area contributed by atoms with E-state index in [1.807, 2.05) is 6.92 Å². The second-order valence-corrected chi connectivity index (χ2v) is 12.9. The van der Waals surface area contributed by atoms with Crippen LogP contribution < -0.4 is 0 Å². The second-order valence-electron chi connectivity index (χ2n) is 12.9. The molecule has 6 nitrogen and oxygen atoms in total. The third kappa shape index (κ3) is 3.78. The lowest BCUT2D eigenvalue weighted by molar-refractivity contribution is 0.0315. The molecular weight excluding hydrogens is 444 g/mol. The fraction of sp³-hybridized carbons (Fsp3) is 0.724. The van der Waals surface area contributed by atoms with Crippen molar-refractivity contribution in [3.05, 3.63) is 16.7 Å². The summed E-state index contributed by atoms with van der Waals surface area (Å²) in [6, 6.07) is 0. The highest BCUT2D eigenvalue weighted by molar-refractivity contribution is 5.95. The van der Waals surface area contributed by atoms with Crippen molar-refractivity contribution in [3.63, 3.8) is 0 Å². The van der Waals surface area contributed by atoms with Gasteiger partial charge in [0.05, 0.1) is 17.2 Å². The van der Waals surface area contributed by atoms with Crippen molar-refractivity contribution in [2.24, 2.45) is 46.3 Å². The second kappa shape index (κ2) is 8.79. The van der Waals surface area contributed by atoms with Crippen LogP contribution in [0.4, 0.5) is 0 Å². The lowest BCUT2D eigenvalue weighted by Gasteiger charge is -2.45. The summed E-state index contributed by atoms with van der Waals surface area (Å²) < 4.78 is 0. The molecule has 8 atom stereocenters.